The van der Waals surface area contributed by atoms with Crippen LogP contribution in [0.4, 0.5) is 0 Å². The zero-order chi connectivity index (χ0) is 31.1. The van der Waals surface area contributed by atoms with Crippen molar-refractivity contribution in [3.8, 4) is 0 Å². The van der Waals surface area contributed by atoms with E-state index in [4.69, 9.17) is 18.9 Å². The van der Waals surface area contributed by atoms with Crippen LogP contribution in [0.2, 0.25) is 0 Å². The molecule has 0 radical (unpaired) electrons. The summed E-state index contributed by atoms with van der Waals surface area (Å²) in [6.45, 7) is 11.5. The molecule has 44 heavy (non-hydrogen) atoms. The number of ether oxygens (including phenoxy) is 4. The summed E-state index contributed by atoms with van der Waals surface area (Å²) in [6, 6.07) is 0. The standard InChI is InChI=1S/C38H64O6/c1-4-6-14-35(26-41-27-35)16-10-8-12-18-43-33(30(3)34(39)40)37-21-31-20-32(22-37)24-38(23-31,25-37)44-19-13-9-11-17-36(15-7-5-2)28-42-29-36/h31-32H,4-29H2,1-3H3,(H,39,40). The fraction of sp³-hybridized carbons (Fsp3) is 0.921. The lowest BCUT2D eigenvalue weighted by molar-refractivity contribution is -0.193. The van der Waals surface area contributed by atoms with Gasteiger partial charge in [-0.15, -0.1) is 0 Å². The van der Waals surface area contributed by atoms with E-state index in [1.807, 2.05) is 0 Å². The van der Waals surface area contributed by atoms with Crippen molar-refractivity contribution < 1.29 is 28.8 Å². The SMILES string of the molecule is CCCCC1(CCCCCOC(=C(C)C(=O)O)C23CC4CC(CC(OCCCCCC5(CCCC)COC5)(C4)C2)C3)COC1. The van der Waals surface area contributed by atoms with Crippen LogP contribution in [0.25, 0.3) is 0 Å². The highest BCUT2D eigenvalue weighted by atomic mass is 16.5. The third-order valence-corrected chi connectivity index (χ3v) is 12.3. The highest BCUT2D eigenvalue weighted by molar-refractivity contribution is 5.86. The molecule has 6 heteroatoms. The Kier molecular flexibility index (Phi) is 11.8. The minimum absolute atomic E-state index is 0.0979. The molecule has 6 aliphatic rings. The zero-order valence-corrected chi connectivity index (χ0v) is 28.5. The van der Waals surface area contributed by atoms with E-state index in [-0.39, 0.29) is 11.0 Å². The second-order valence-corrected chi connectivity index (χ2v) is 16.2. The van der Waals surface area contributed by atoms with Gasteiger partial charge in [0.1, 0.15) is 5.76 Å². The average molecular weight is 617 g/mol. The van der Waals surface area contributed by atoms with Crippen molar-refractivity contribution in [2.45, 2.75) is 155 Å². The van der Waals surface area contributed by atoms with Gasteiger partial charge < -0.3 is 24.1 Å². The molecule has 4 saturated carbocycles. The maximum Gasteiger partial charge on any atom is 0.334 e. The van der Waals surface area contributed by atoms with E-state index >= 15 is 0 Å². The van der Waals surface area contributed by atoms with Crippen LogP contribution in [0.1, 0.15) is 149 Å². The van der Waals surface area contributed by atoms with E-state index in [2.05, 4.69) is 13.8 Å². The van der Waals surface area contributed by atoms with E-state index in [1.165, 1.54) is 77.0 Å². The molecule has 0 aromatic rings. The molecule has 2 atom stereocenters. The van der Waals surface area contributed by atoms with Gasteiger partial charge in [-0.1, -0.05) is 65.2 Å². The first-order valence-electron chi connectivity index (χ1n) is 18.6. The summed E-state index contributed by atoms with van der Waals surface area (Å²) in [5, 5.41) is 10.1. The van der Waals surface area contributed by atoms with Crippen LogP contribution < -0.4 is 0 Å². The zero-order valence-electron chi connectivity index (χ0n) is 28.5. The predicted molar refractivity (Wildman–Crippen MR) is 175 cm³/mol. The van der Waals surface area contributed by atoms with Gasteiger partial charge >= 0.3 is 5.97 Å². The Bertz CT molecular complexity index is 948. The number of rotatable bonds is 22. The van der Waals surface area contributed by atoms with Gasteiger partial charge in [0.25, 0.3) is 0 Å². The van der Waals surface area contributed by atoms with Gasteiger partial charge in [-0.25, -0.2) is 4.79 Å². The molecule has 0 spiro atoms. The number of hydrogen-bond acceptors (Lipinski definition) is 5. The average Bonchev–Trinajstić information content (AvgIpc) is 2.94. The Morgan fingerprint density at radius 2 is 1.25 bits per heavy atom. The quantitative estimate of drug-likeness (QED) is 0.0742. The lowest BCUT2D eigenvalue weighted by Crippen LogP contribution is -2.57. The van der Waals surface area contributed by atoms with E-state index in [0.29, 0.717) is 34.8 Å². The molecule has 2 unspecified atom stereocenters. The molecular formula is C38H64O6. The van der Waals surface area contributed by atoms with E-state index in [0.717, 1.165) is 90.2 Å². The Labute approximate surface area is 268 Å². The minimum Gasteiger partial charge on any atom is -0.497 e. The number of carboxylic acid groups (broad SMARTS) is 1. The summed E-state index contributed by atoms with van der Waals surface area (Å²) < 4.78 is 24.6. The largest absolute Gasteiger partial charge is 0.497 e. The summed E-state index contributed by atoms with van der Waals surface area (Å²) in [6.07, 6.45) is 23.8. The van der Waals surface area contributed by atoms with Gasteiger partial charge in [-0.3, -0.25) is 0 Å². The Morgan fingerprint density at radius 3 is 1.73 bits per heavy atom. The number of carbonyl (C=O) groups is 1. The summed E-state index contributed by atoms with van der Waals surface area (Å²) in [5.41, 5.74) is 1.02. The molecule has 2 aliphatic heterocycles. The first-order valence-corrected chi connectivity index (χ1v) is 18.6. The van der Waals surface area contributed by atoms with Crippen molar-refractivity contribution in [1.82, 2.24) is 0 Å². The van der Waals surface area contributed by atoms with E-state index in [1.54, 1.807) is 6.92 Å². The molecule has 252 valence electrons. The predicted octanol–water partition coefficient (Wildman–Crippen LogP) is 9.25. The first-order chi connectivity index (χ1) is 21.3. The first kappa shape index (κ1) is 34.2. The van der Waals surface area contributed by atoms with Gasteiger partial charge in [0.05, 0.1) is 44.2 Å². The number of carboxylic acids is 1. The van der Waals surface area contributed by atoms with Crippen LogP contribution in [-0.2, 0) is 23.7 Å². The Balaban J connectivity index is 1.11. The molecule has 4 aliphatic carbocycles. The van der Waals surface area contributed by atoms with Crippen molar-refractivity contribution >= 4 is 5.97 Å². The van der Waals surface area contributed by atoms with Crippen LogP contribution in [0, 0.1) is 28.1 Å². The molecule has 2 saturated heterocycles. The molecule has 0 amide bonds. The fourth-order valence-electron chi connectivity index (χ4n) is 10.1. The lowest BCUT2D eigenvalue weighted by Gasteiger charge is -2.62. The van der Waals surface area contributed by atoms with Gasteiger partial charge in [0.15, 0.2) is 0 Å². The number of unbranched alkanes of at least 4 members (excludes halogenated alkanes) is 6. The Morgan fingerprint density at radius 1 is 0.727 bits per heavy atom. The van der Waals surface area contributed by atoms with Crippen molar-refractivity contribution in [2.24, 2.45) is 28.1 Å². The number of aliphatic carboxylic acids is 1. The van der Waals surface area contributed by atoms with Crippen molar-refractivity contribution in [1.29, 1.82) is 0 Å². The molecule has 2 heterocycles. The molecule has 4 bridgehead atoms. The van der Waals surface area contributed by atoms with Gasteiger partial charge in [-0.2, -0.15) is 0 Å². The molecule has 6 fully saturated rings. The summed E-state index contributed by atoms with van der Waals surface area (Å²) in [4.78, 5) is 12.3. The third kappa shape index (κ3) is 8.05. The molecular weight excluding hydrogens is 552 g/mol. The van der Waals surface area contributed by atoms with Crippen molar-refractivity contribution in [3.63, 3.8) is 0 Å². The topological polar surface area (TPSA) is 74.2 Å². The molecule has 6 rings (SSSR count). The van der Waals surface area contributed by atoms with Crippen molar-refractivity contribution in [3.05, 3.63) is 11.3 Å². The normalized spacial score (nSPS) is 31.7. The molecule has 1 N–H and O–H groups in total. The van der Waals surface area contributed by atoms with E-state index in [9.17, 15) is 9.90 Å². The van der Waals surface area contributed by atoms with Gasteiger partial charge in [0, 0.05) is 22.9 Å². The second kappa shape index (κ2) is 15.2. The van der Waals surface area contributed by atoms with Gasteiger partial charge in [0.2, 0.25) is 0 Å². The maximum atomic E-state index is 12.3. The Hall–Kier alpha value is -1.11. The summed E-state index contributed by atoms with van der Waals surface area (Å²) >= 11 is 0. The minimum atomic E-state index is -0.831. The number of hydrogen-bond donors (Lipinski definition) is 1. The highest BCUT2D eigenvalue weighted by Crippen LogP contribution is 2.65. The molecule has 0 aromatic carbocycles. The van der Waals surface area contributed by atoms with Crippen LogP contribution in [0.15, 0.2) is 11.3 Å². The fourth-order valence-corrected chi connectivity index (χ4v) is 10.1. The van der Waals surface area contributed by atoms with Gasteiger partial charge in [-0.05, 0) is 95.8 Å². The highest BCUT2D eigenvalue weighted by Gasteiger charge is 2.60. The summed E-state index contributed by atoms with van der Waals surface area (Å²) in [5.74, 6) is 1.20. The monoisotopic (exact) mass is 616 g/mol. The van der Waals surface area contributed by atoms with Crippen LogP contribution in [-0.4, -0.2) is 56.3 Å². The number of allylic oxidation sites excluding steroid dienone is 1. The van der Waals surface area contributed by atoms with Crippen LogP contribution >= 0.6 is 0 Å². The second-order valence-electron chi connectivity index (χ2n) is 16.2. The summed E-state index contributed by atoms with van der Waals surface area (Å²) in [7, 11) is 0. The van der Waals surface area contributed by atoms with E-state index < -0.39 is 5.97 Å². The smallest absolute Gasteiger partial charge is 0.334 e. The van der Waals surface area contributed by atoms with Crippen LogP contribution in [0.3, 0.4) is 0 Å². The third-order valence-electron chi connectivity index (χ3n) is 12.3. The lowest BCUT2D eigenvalue weighted by atomic mass is 9.47. The molecule has 0 aromatic heterocycles. The maximum absolute atomic E-state index is 12.3. The van der Waals surface area contributed by atoms with Crippen molar-refractivity contribution in [2.75, 3.05) is 39.6 Å². The molecule has 6 nitrogen and oxygen atoms in total. The van der Waals surface area contributed by atoms with Crippen LogP contribution in [0.5, 0.6) is 0 Å².